The number of carbonyl (C=O) groups is 1. The number of nitrogens with zero attached hydrogens (tertiary/aromatic N) is 1. The fraction of sp³-hybridized carbons (Fsp3) is 0.316. The summed E-state index contributed by atoms with van der Waals surface area (Å²) in [5, 5.41) is 2.73. The number of hydrogen-bond donors (Lipinski definition) is 1. The number of hydrogen-bond acceptors (Lipinski definition) is 5. The number of amides is 1. The Morgan fingerprint density at radius 3 is 2.64 bits per heavy atom. The van der Waals surface area contributed by atoms with Crippen LogP contribution >= 0.6 is 15.9 Å². The molecule has 2 aromatic rings. The van der Waals surface area contributed by atoms with Crippen molar-refractivity contribution in [2.24, 2.45) is 0 Å². The number of carbonyl (C=O) groups excluding carboxylic acids is 1. The quantitative estimate of drug-likeness (QED) is 0.704. The molecule has 1 saturated heterocycles. The van der Waals surface area contributed by atoms with Crippen molar-refractivity contribution in [1.82, 2.24) is 4.31 Å². The van der Waals surface area contributed by atoms with Crippen molar-refractivity contribution >= 4 is 37.5 Å². The highest BCUT2D eigenvalue weighted by molar-refractivity contribution is 9.10. The van der Waals surface area contributed by atoms with E-state index in [1.54, 1.807) is 25.1 Å². The van der Waals surface area contributed by atoms with Crippen molar-refractivity contribution < 1.29 is 22.7 Å². The van der Waals surface area contributed by atoms with Crippen LogP contribution in [-0.4, -0.2) is 51.5 Å². The maximum atomic E-state index is 12.8. The number of rotatable bonds is 6. The third-order valence-electron chi connectivity index (χ3n) is 4.29. The van der Waals surface area contributed by atoms with E-state index in [0.717, 1.165) is 10.0 Å². The lowest BCUT2D eigenvalue weighted by molar-refractivity contribution is -0.118. The molecule has 1 amide bonds. The molecule has 0 radical (unpaired) electrons. The Hall–Kier alpha value is -1.94. The van der Waals surface area contributed by atoms with Crippen LogP contribution in [0.15, 0.2) is 51.8 Å². The number of halogens is 1. The normalized spacial score (nSPS) is 15.2. The van der Waals surface area contributed by atoms with E-state index in [9.17, 15) is 13.2 Å². The van der Waals surface area contributed by atoms with Crippen LogP contribution in [0.2, 0.25) is 0 Å². The molecular weight excluding hydrogens is 448 g/mol. The lowest BCUT2D eigenvalue weighted by Gasteiger charge is -2.26. The van der Waals surface area contributed by atoms with Crippen molar-refractivity contribution in [2.75, 3.05) is 38.2 Å². The second kappa shape index (κ2) is 9.04. The minimum Gasteiger partial charge on any atom is -0.483 e. The highest BCUT2D eigenvalue weighted by Gasteiger charge is 2.26. The molecule has 7 nitrogen and oxygen atoms in total. The molecule has 0 aromatic heterocycles. The standard InChI is InChI=1S/C19H21BrN2O5S/c1-14-6-7-15(28(24,25)22-8-10-26-11-9-22)12-17(14)21-19(23)13-27-18-5-3-2-4-16(18)20/h2-7,12H,8-11,13H2,1H3,(H,21,23). The van der Waals surface area contributed by atoms with Gasteiger partial charge in [0.15, 0.2) is 6.61 Å². The summed E-state index contributed by atoms with van der Waals surface area (Å²) in [6, 6.07) is 11.9. The van der Waals surface area contributed by atoms with Gasteiger partial charge in [0.2, 0.25) is 10.0 Å². The molecule has 0 saturated carbocycles. The van der Waals surface area contributed by atoms with Gasteiger partial charge in [0, 0.05) is 18.8 Å². The molecule has 0 spiro atoms. The molecule has 3 rings (SSSR count). The van der Waals surface area contributed by atoms with Crippen molar-refractivity contribution in [1.29, 1.82) is 0 Å². The Morgan fingerprint density at radius 1 is 1.21 bits per heavy atom. The summed E-state index contributed by atoms with van der Waals surface area (Å²) in [5.74, 6) is 0.179. The fourth-order valence-electron chi connectivity index (χ4n) is 2.72. The van der Waals surface area contributed by atoms with Crippen LogP contribution in [0.5, 0.6) is 5.75 Å². The lowest BCUT2D eigenvalue weighted by atomic mass is 10.2. The van der Waals surface area contributed by atoms with Gasteiger partial charge in [-0.3, -0.25) is 4.79 Å². The summed E-state index contributed by atoms with van der Waals surface area (Å²) in [5.41, 5.74) is 1.20. The maximum absolute atomic E-state index is 12.8. The Labute approximate surface area is 172 Å². The number of para-hydroxylation sites is 1. The monoisotopic (exact) mass is 468 g/mol. The van der Waals surface area contributed by atoms with E-state index < -0.39 is 10.0 Å². The first-order chi connectivity index (χ1) is 13.4. The maximum Gasteiger partial charge on any atom is 0.262 e. The van der Waals surface area contributed by atoms with Crippen molar-refractivity contribution in [3.63, 3.8) is 0 Å². The summed E-state index contributed by atoms with van der Waals surface area (Å²) in [7, 11) is -3.63. The van der Waals surface area contributed by atoms with Crippen molar-refractivity contribution in [2.45, 2.75) is 11.8 Å². The minimum atomic E-state index is -3.63. The molecule has 0 aliphatic carbocycles. The van der Waals surface area contributed by atoms with E-state index in [-0.39, 0.29) is 17.4 Å². The zero-order valence-corrected chi connectivity index (χ0v) is 17.8. The van der Waals surface area contributed by atoms with Crippen LogP contribution < -0.4 is 10.1 Å². The molecule has 1 aliphatic rings. The third-order valence-corrected chi connectivity index (χ3v) is 6.84. The molecule has 28 heavy (non-hydrogen) atoms. The van der Waals surface area contributed by atoms with Crippen LogP contribution in [0, 0.1) is 6.92 Å². The summed E-state index contributed by atoms with van der Waals surface area (Å²) < 4.78 is 38.5. The van der Waals surface area contributed by atoms with E-state index in [1.807, 2.05) is 18.2 Å². The molecule has 9 heteroatoms. The highest BCUT2D eigenvalue weighted by atomic mass is 79.9. The van der Waals surface area contributed by atoms with Crippen LogP contribution in [0.25, 0.3) is 0 Å². The number of ether oxygens (including phenoxy) is 2. The average Bonchev–Trinajstić information content (AvgIpc) is 2.69. The summed E-state index contributed by atoms with van der Waals surface area (Å²) in [6.45, 7) is 3.00. The molecular formula is C19H21BrN2O5S. The molecule has 0 unspecified atom stereocenters. The van der Waals surface area contributed by atoms with E-state index in [2.05, 4.69) is 21.2 Å². The Morgan fingerprint density at radius 2 is 1.93 bits per heavy atom. The first-order valence-corrected chi connectivity index (χ1v) is 11.0. The molecule has 1 fully saturated rings. The van der Waals surface area contributed by atoms with Crippen LogP contribution in [0.1, 0.15) is 5.56 Å². The topological polar surface area (TPSA) is 84.9 Å². The summed E-state index contributed by atoms with van der Waals surface area (Å²) >= 11 is 3.36. The number of morpholine rings is 1. The van der Waals surface area contributed by atoms with Gasteiger partial charge < -0.3 is 14.8 Å². The Kier molecular flexibility index (Phi) is 6.71. The highest BCUT2D eigenvalue weighted by Crippen LogP contribution is 2.25. The van der Waals surface area contributed by atoms with Crippen LogP contribution in [0.3, 0.4) is 0 Å². The SMILES string of the molecule is Cc1ccc(S(=O)(=O)N2CCOCC2)cc1NC(=O)COc1ccccc1Br. The number of anilines is 1. The van der Waals surface area contributed by atoms with Crippen LogP contribution in [-0.2, 0) is 19.6 Å². The zero-order chi connectivity index (χ0) is 20.1. The lowest BCUT2D eigenvalue weighted by Crippen LogP contribution is -2.40. The molecule has 2 aromatic carbocycles. The van der Waals surface area contributed by atoms with Crippen molar-refractivity contribution in [3.8, 4) is 5.75 Å². The summed E-state index contributed by atoms with van der Waals surface area (Å²) in [6.07, 6.45) is 0. The Balaban J connectivity index is 1.71. The van der Waals surface area contributed by atoms with Gasteiger partial charge in [-0.05, 0) is 52.7 Å². The predicted molar refractivity (Wildman–Crippen MR) is 109 cm³/mol. The number of aryl methyl sites for hydroxylation is 1. The molecule has 1 heterocycles. The number of nitrogens with one attached hydrogen (secondary N) is 1. The first-order valence-electron chi connectivity index (χ1n) is 8.73. The smallest absolute Gasteiger partial charge is 0.262 e. The molecule has 1 aliphatic heterocycles. The summed E-state index contributed by atoms with van der Waals surface area (Å²) in [4.78, 5) is 12.4. The molecule has 0 atom stereocenters. The van der Waals surface area contributed by atoms with E-state index in [1.165, 1.54) is 10.4 Å². The second-order valence-corrected chi connectivity index (χ2v) is 9.05. The number of benzene rings is 2. The largest absolute Gasteiger partial charge is 0.483 e. The Bertz CT molecular complexity index is 959. The van der Waals surface area contributed by atoms with E-state index in [0.29, 0.717) is 37.7 Å². The van der Waals surface area contributed by atoms with Gasteiger partial charge in [-0.1, -0.05) is 18.2 Å². The second-order valence-electron chi connectivity index (χ2n) is 6.26. The fourth-order valence-corrected chi connectivity index (χ4v) is 4.56. The zero-order valence-electron chi connectivity index (χ0n) is 15.4. The average molecular weight is 469 g/mol. The van der Waals surface area contributed by atoms with Crippen molar-refractivity contribution in [3.05, 3.63) is 52.5 Å². The van der Waals surface area contributed by atoms with Gasteiger partial charge in [0.05, 0.1) is 22.6 Å². The molecule has 1 N–H and O–H groups in total. The first kappa shape index (κ1) is 20.8. The van der Waals surface area contributed by atoms with Gasteiger partial charge in [0.1, 0.15) is 5.75 Å². The third kappa shape index (κ3) is 4.91. The van der Waals surface area contributed by atoms with Gasteiger partial charge in [0.25, 0.3) is 5.91 Å². The van der Waals surface area contributed by atoms with Gasteiger partial charge >= 0.3 is 0 Å². The van der Waals surface area contributed by atoms with Gasteiger partial charge in [-0.2, -0.15) is 4.31 Å². The van der Waals surface area contributed by atoms with Crippen LogP contribution in [0.4, 0.5) is 5.69 Å². The molecule has 0 bridgehead atoms. The predicted octanol–water partition coefficient (Wildman–Crippen LogP) is 2.80. The van der Waals surface area contributed by atoms with E-state index >= 15 is 0 Å². The minimum absolute atomic E-state index is 0.141. The van der Waals surface area contributed by atoms with Gasteiger partial charge in [-0.15, -0.1) is 0 Å². The number of sulfonamides is 1. The van der Waals surface area contributed by atoms with E-state index in [4.69, 9.17) is 9.47 Å². The molecule has 150 valence electrons. The van der Waals surface area contributed by atoms with Gasteiger partial charge in [-0.25, -0.2) is 8.42 Å².